The number of carbonyl (C=O) groups excluding carboxylic acids is 1. The Morgan fingerprint density at radius 3 is 1.75 bits per heavy atom. The molecule has 0 aromatic heterocycles. The van der Waals surface area contributed by atoms with Crippen LogP contribution in [0.2, 0.25) is 0 Å². The normalized spacial score (nSPS) is 3.25. The van der Waals surface area contributed by atoms with Crippen LogP contribution in [0, 0.1) is 0 Å². The van der Waals surface area contributed by atoms with Crippen molar-refractivity contribution < 1.29 is 22.2 Å². The van der Waals surface area contributed by atoms with Crippen molar-refractivity contribution in [3.63, 3.8) is 0 Å². The summed E-state index contributed by atoms with van der Waals surface area (Å²) in [6.45, 7) is 1.44. The first-order valence-corrected chi connectivity index (χ1v) is 0.813. The Hall–Kier alpha value is 0.202. The molecule has 0 unspecified atom stereocenters. The number of rotatable bonds is 0. The van der Waals surface area contributed by atoms with Crippen molar-refractivity contribution in [2.45, 2.75) is 6.92 Å². The van der Waals surface area contributed by atoms with Gasteiger partial charge in [-0.2, -0.15) is 0 Å². The molecule has 4 heavy (non-hydrogen) atoms. The average Bonchev–Trinajstić information content (AvgIpc) is 0.918. The van der Waals surface area contributed by atoms with Crippen LogP contribution in [0.1, 0.15) is 6.92 Å². The van der Waals surface area contributed by atoms with Gasteiger partial charge in [0.05, 0.1) is 0 Å². The summed E-state index contributed by atoms with van der Waals surface area (Å²) < 4.78 is 0. The minimum absolute atomic E-state index is 0. The molecule has 1 nitrogen and oxygen atoms in total. The molecule has 0 atom stereocenters. The Balaban J connectivity index is 0. The summed E-state index contributed by atoms with van der Waals surface area (Å²) in [6, 6.07) is 0. The fourth-order valence-electron chi connectivity index (χ4n) is 0. The minimum atomic E-state index is 0. The number of hydrogen-bond donors (Lipinski definition) is 0. The van der Waals surface area contributed by atoms with Crippen LogP contribution >= 0.6 is 0 Å². The maximum absolute atomic E-state index is 8.81. The van der Waals surface area contributed by atoms with Crippen molar-refractivity contribution in [3.8, 4) is 0 Å². The molecule has 0 fully saturated rings. The van der Waals surface area contributed by atoms with E-state index in [0.29, 0.717) is 0 Å². The first-order chi connectivity index (χ1) is 1.41. The van der Waals surface area contributed by atoms with Crippen molar-refractivity contribution >= 4 is 6.29 Å². The Morgan fingerprint density at radius 2 is 1.75 bits per heavy atom. The Morgan fingerprint density at radius 1 is 1.75 bits per heavy atom. The molecule has 0 rings (SSSR count). The largest absolute Gasteiger partial charge is 0.304 e. The van der Waals surface area contributed by atoms with E-state index in [9.17, 15) is 0 Å². The first-order valence-electron chi connectivity index (χ1n) is 0.813. The second-order valence-electron chi connectivity index (χ2n) is 0.236. The van der Waals surface area contributed by atoms with Gasteiger partial charge < -0.3 is 4.79 Å². The van der Waals surface area contributed by atoms with Gasteiger partial charge in [0.25, 0.3) is 0 Å². The summed E-state index contributed by atoms with van der Waals surface area (Å²) in [5.74, 6) is 0. The molecular weight excluding hydrogens is 92.0 g/mol. The Bertz CT molecular complexity index is 13.5. The molecule has 0 N–H and O–H groups in total. The van der Waals surface area contributed by atoms with Gasteiger partial charge in [0.15, 0.2) is 0 Å². The second kappa shape index (κ2) is 10.7. The predicted molar refractivity (Wildman–Crippen MR) is 11.7 cm³/mol. The van der Waals surface area contributed by atoms with E-state index < -0.39 is 0 Å². The van der Waals surface area contributed by atoms with Gasteiger partial charge in [0, 0.05) is 17.4 Å². The molecule has 0 amide bonds. The summed E-state index contributed by atoms with van der Waals surface area (Å²) >= 11 is 0. The molecular formula is C2H4CrO. The summed E-state index contributed by atoms with van der Waals surface area (Å²) in [5, 5.41) is 0. The smallest absolute Gasteiger partial charge is 0.116 e. The summed E-state index contributed by atoms with van der Waals surface area (Å²) in [4.78, 5) is 8.81. The van der Waals surface area contributed by atoms with Gasteiger partial charge in [-0.15, -0.1) is 0 Å². The fraction of sp³-hybridized carbons (Fsp3) is 0.500. The second-order valence-corrected chi connectivity index (χ2v) is 0.236. The van der Waals surface area contributed by atoms with Crippen molar-refractivity contribution in [2.75, 3.05) is 0 Å². The van der Waals surface area contributed by atoms with E-state index in [1.807, 2.05) is 0 Å². The van der Waals surface area contributed by atoms with E-state index >= 15 is 0 Å². The fourth-order valence-corrected chi connectivity index (χ4v) is 0. The molecule has 24 valence electrons. The summed E-state index contributed by atoms with van der Waals surface area (Å²) in [5.41, 5.74) is 0. The third kappa shape index (κ3) is 77.7. The maximum Gasteiger partial charge on any atom is 0.116 e. The van der Waals surface area contributed by atoms with E-state index in [2.05, 4.69) is 0 Å². The third-order valence-corrected chi connectivity index (χ3v) is 0. The van der Waals surface area contributed by atoms with Crippen LogP contribution in [-0.2, 0) is 22.2 Å². The van der Waals surface area contributed by atoms with Gasteiger partial charge in [-0.25, -0.2) is 0 Å². The van der Waals surface area contributed by atoms with Crippen LogP contribution in [0.5, 0.6) is 0 Å². The van der Waals surface area contributed by atoms with Crippen molar-refractivity contribution in [1.29, 1.82) is 0 Å². The van der Waals surface area contributed by atoms with Crippen LogP contribution in [0.4, 0.5) is 0 Å². The van der Waals surface area contributed by atoms with E-state index in [4.69, 9.17) is 4.79 Å². The molecule has 0 aromatic carbocycles. The zero-order valence-corrected chi connectivity index (χ0v) is 3.67. The van der Waals surface area contributed by atoms with E-state index in [-0.39, 0.29) is 17.4 Å². The van der Waals surface area contributed by atoms with Crippen molar-refractivity contribution in [3.05, 3.63) is 0 Å². The Kier molecular flexibility index (Phi) is 23.9. The van der Waals surface area contributed by atoms with Gasteiger partial charge in [-0.1, -0.05) is 0 Å². The zero-order valence-electron chi connectivity index (χ0n) is 2.39. The summed E-state index contributed by atoms with van der Waals surface area (Å²) in [6.07, 6.45) is 0.750. The molecule has 2 heteroatoms. The summed E-state index contributed by atoms with van der Waals surface area (Å²) in [7, 11) is 0. The van der Waals surface area contributed by atoms with E-state index in [1.54, 1.807) is 0 Å². The first kappa shape index (κ1) is 8.88. The quantitative estimate of drug-likeness (QED) is 0.394. The van der Waals surface area contributed by atoms with Gasteiger partial charge in [0.1, 0.15) is 6.29 Å². The monoisotopic (exact) mass is 96.0 g/mol. The number of carbonyl (C=O) groups is 1. The topological polar surface area (TPSA) is 17.1 Å². The van der Waals surface area contributed by atoms with Gasteiger partial charge >= 0.3 is 0 Å². The van der Waals surface area contributed by atoms with E-state index in [1.165, 1.54) is 6.92 Å². The SMILES string of the molecule is CC=O.[Cr]. The molecule has 0 saturated heterocycles. The predicted octanol–water partition coefficient (Wildman–Crippen LogP) is 0.203. The molecule has 0 radical (unpaired) electrons. The molecule has 0 aliphatic heterocycles. The van der Waals surface area contributed by atoms with Crippen LogP contribution in [0.3, 0.4) is 0 Å². The van der Waals surface area contributed by atoms with Gasteiger partial charge in [0.2, 0.25) is 0 Å². The van der Waals surface area contributed by atoms with Crippen LogP contribution < -0.4 is 0 Å². The van der Waals surface area contributed by atoms with Crippen molar-refractivity contribution in [2.24, 2.45) is 0 Å². The number of hydrogen-bond acceptors (Lipinski definition) is 1. The van der Waals surface area contributed by atoms with Crippen molar-refractivity contribution in [1.82, 2.24) is 0 Å². The molecule has 0 spiro atoms. The van der Waals surface area contributed by atoms with Crippen LogP contribution in [0.25, 0.3) is 0 Å². The average molecular weight is 96.0 g/mol. The van der Waals surface area contributed by atoms with Crippen LogP contribution in [-0.4, -0.2) is 6.29 Å². The molecule has 0 bridgehead atoms. The van der Waals surface area contributed by atoms with Crippen LogP contribution in [0.15, 0.2) is 0 Å². The van der Waals surface area contributed by atoms with Gasteiger partial charge in [-0.3, -0.25) is 0 Å². The molecule has 0 aliphatic rings. The molecule has 0 aliphatic carbocycles. The van der Waals surface area contributed by atoms with E-state index in [0.717, 1.165) is 6.29 Å². The Labute approximate surface area is 36.1 Å². The molecule has 0 saturated carbocycles. The van der Waals surface area contributed by atoms with Gasteiger partial charge in [-0.05, 0) is 6.92 Å². The minimum Gasteiger partial charge on any atom is -0.304 e. The number of aldehydes is 1. The zero-order chi connectivity index (χ0) is 2.71. The molecule has 0 heterocycles. The molecule has 0 aromatic rings. The maximum atomic E-state index is 8.81. The third-order valence-electron chi connectivity index (χ3n) is 0. The standard InChI is InChI=1S/C2H4O.Cr/c1-2-3;/h2H,1H3;.